The molecule has 0 spiro atoms. The second-order valence-electron chi connectivity index (χ2n) is 26.8. The Bertz CT molecular complexity index is 1750. The summed E-state index contributed by atoms with van der Waals surface area (Å²) in [6.07, 6.45) is 40.6. The first-order chi connectivity index (χ1) is 42.1. The Morgan fingerprint density at radius 1 is 0.284 bits per heavy atom. The van der Waals surface area contributed by atoms with Crippen LogP contribution in [0.4, 0.5) is 0 Å². The standard InChI is InChI=1S/C69H134O17P2/c1-59(2)45-37-29-21-15-13-11-9-10-12-14-16-25-33-41-49-66(71)79-55-64(85-68(73)51-43-35-26-18-17-22-30-38-46-60(3)4)57-83-87(75,76)81-53-63(70)54-82-88(77,78)84-58-65(86-69(74)52-44-36-28-20-24-32-40-48-62(7)8)56-80-67(72)50-42-34-27-19-23-31-39-47-61(5)6/h59-65,70H,9-58H2,1-8H3,(H,75,76)(H,77,78)/t63?,64-,65-/m1/s1. The van der Waals surface area contributed by atoms with Crippen molar-refractivity contribution >= 4 is 39.5 Å². The highest BCUT2D eigenvalue weighted by Gasteiger charge is 2.30. The van der Waals surface area contributed by atoms with Crippen molar-refractivity contribution in [3.05, 3.63) is 0 Å². The van der Waals surface area contributed by atoms with Crippen molar-refractivity contribution < 1.29 is 80.2 Å². The van der Waals surface area contributed by atoms with E-state index in [1.54, 1.807) is 0 Å². The monoisotopic (exact) mass is 1300 g/mol. The van der Waals surface area contributed by atoms with E-state index < -0.39 is 97.5 Å². The zero-order valence-corrected chi connectivity index (χ0v) is 59.1. The van der Waals surface area contributed by atoms with E-state index in [-0.39, 0.29) is 25.7 Å². The number of ether oxygens (including phenoxy) is 4. The van der Waals surface area contributed by atoms with E-state index in [4.69, 9.17) is 37.0 Å². The maximum atomic E-state index is 13.0. The highest BCUT2D eigenvalue weighted by atomic mass is 31.2. The van der Waals surface area contributed by atoms with Gasteiger partial charge in [0.1, 0.15) is 19.3 Å². The van der Waals surface area contributed by atoms with Gasteiger partial charge in [0.05, 0.1) is 26.4 Å². The lowest BCUT2D eigenvalue weighted by molar-refractivity contribution is -0.161. The van der Waals surface area contributed by atoms with Crippen LogP contribution in [0.15, 0.2) is 0 Å². The van der Waals surface area contributed by atoms with Gasteiger partial charge in [0, 0.05) is 25.7 Å². The Labute approximate surface area is 537 Å². The number of aliphatic hydroxyl groups excluding tert-OH is 1. The fourth-order valence-corrected chi connectivity index (χ4v) is 11.9. The molecule has 3 unspecified atom stereocenters. The van der Waals surface area contributed by atoms with E-state index in [1.807, 2.05) is 0 Å². The van der Waals surface area contributed by atoms with E-state index >= 15 is 0 Å². The van der Waals surface area contributed by atoms with Gasteiger partial charge in [-0.2, -0.15) is 0 Å². The molecule has 0 rings (SSSR count). The first-order valence-electron chi connectivity index (χ1n) is 35.7. The summed E-state index contributed by atoms with van der Waals surface area (Å²) in [4.78, 5) is 72.4. The maximum absolute atomic E-state index is 13.0. The van der Waals surface area contributed by atoms with Crippen LogP contribution in [-0.2, 0) is 65.4 Å². The molecule has 0 aromatic carbocycles. The fraction of sp³-hybridized carbons (Fsp3) is 0.942. The Morgan fingerprint density at radius 2 is 0.477 bits per heavy atom. The van der Waals surface area contributed by atoms with Crippen LogP contribution in [0.2, 0.25) is 0 Å². The summed E-state index contributed by atoms with van der Waals surface area (Å²) < 4.78 is 68.2. The summed E-state index contributed by atoms with van der Waals surface area (Å²) in [5.41, 5.74) is 0. The second kappa shape index (κ2) is 58.8. The van der Waals surface area contributed by atoms with Crippen molar-refractivity contribution in [2.75, 3.05) is 39.6 Å². The zero-order valence-electron chi connectivity index (χ0n) is 57.3. The van der Waals surface area contributed by atoms with E-state index in [0.717, 1.165) is 108 Å². The summed E-state index contributed by atoms with van der Waals surface area (Å²) in [5.74, 6) is 0.783. The van der Waals surface area contributed by atoms with Gasteiger partial charge in [-0.15, -0.1) is 0 Å². The minimum atomic E-state index is -4.95. The summed E-state index contributed by atoms with van der Waals surface area (Å²) >= 11 is 0. The minimum absolute atomic E-state index is 0.102. The Morgan fingerprint density at radius 3 is 0.705 bits per heavy atom. The second-order valence-corrected chi connectivity index (χ2v) is 29.7. The third kappa shape index (κ3) is 62.8. The number of hydrogen-bond donors (Lipinski definition) is 3. The van der Waals surface area contributed by atoms with Gasteiger partial charge < -0.3 is 33.8 Å². The lowest BCUT2D eigenvalue weighted by Crippen LogP contribution is -2.30. The van der Waals surface area contributed by atoms with Crippen molar-refractivity contribution in [2.24, 2.45) is 23.7 Å². The predicted octanol–water partition coefficient (Wildman–Crippen LogP) is 19.3. The fourth-order valence-electron chi connectivity index (χ4n) is 10.3. The van der Waals surface area contributed by atoms with Gasteiger partial charge in [0.2, 0.25) is 0 Å². The van der Waals surface area contributed by atoms with Gasteiger partial charge in [-0.1, -0.05) is 287 Å². The molecule has 88 heavy (non-hydrogen) atoms. The largest absolute Gasteiger partial charge is 0.472 e. The Balaban J connectivity index is 5.21. The molecule has 0 aromatic rings. The van der Waals surface area contributed by atoms with Crippen LogP contribution in [0.3, 0.4) is 0 Å². The highest BCUT2D eigenvalue weighted by Crippen LogP contribution is 2.45. The van der Waals surface area contributed by atoms with Crippen molar-refractivity contribution in [3.8, 4) is 0 Å². The molecule has 0 aromatic heterocycles. The summed E-state index contributed by atoms with van der Waals surface area (Å²) in [5, 5.41) is 10.6. The first kappa shape index (κ1) is 86.1. The topological polar surface area (TPSA) is 237 Å². The number of carbonyl (C=O) groups excluding carboxylic acids is 4. The van der Waals surface area contributed by atoms with E-state index in [2.05, 4.69) is 55.4 Å². The number of rotatable bonds is 66. The number of esters is 4. The van der Waals surface area contributed by atoms with Crippen LogP contribution in [-0.4, -0.2) is 96.7 Å². The molecule has 0 fully saturated rings. The average Bonchev–Trinajstić information content (AvgIpc) is 3.66. The average molecular weight is 1300 g/mol. The predicted molar refractivity (Wildman–Crippen MR) is 354 cm³/mol. The molecule has 0 amide bonds. The van der Waals surface area contributed by atoms with Gasteiger partial charge in [-0.3, -0.25) is 37.3 Å². The molecule has 0 aliphatic heterocycles. The molecule has 0 aliphatic carbocycles. The van der Waals surface area contributed by atoms with Crippen molar-refractivity contribution in [1.82, 2.24) is 0 Å². The highest BCUT2D eigenvalue weighted by molar-refractivity contribution is 7.47. The number of aliphatic hydroxyl groups is 1. The summed E-state index contributed by atoms with van der Waals surface area (Å²) in [7, 11) is -9.90. The van der Waals surface area contributed by atoms with E-state index in [1.165, 1.54) is 135 Å². The number of hydrogen-bond acceptors (Lipinski definition) is 15. The molecule has 0 aliphatic rings. The normalized spacial score (nSPS) is 14.3. The van der Waals surface area contributed by atoms with Crippen molar-refractivity contribution in [3.63, 3.8) is 0 Å². The molecule has 5 atom stereocenters. The smallest absolute Gasteiger partial charge is 0.462 e. The molecule has 522 valence electrons. The lowest BCUT2D eigenvalue weighted by atomic mass is 10.0. The first-order valence-corrected chi connectivity index (χ1v) is 38.7. The van der Waals surface area contributed by atoms with Gasteiger partial charge >= 0.3 is 39.5 Å². The molecule has 0 bridgehead atoms. The third-order valence-electron chi connectivity index (χ3n) is 15.8. The Kier molecular flexibility index (Phi) is 57.6. The molecule has 0 radical (unpaired) electrons. The lowest BCUT2D eigenvalue weighted by Gasteiger charge is -2.21. The molecule has 0 saturated heterocycles. The maximum Gasteiger partial charge on any atom is 0.472 e. The van der Waals surface area contributed by atoms with Crippen LogP contribution >= 0.6 is 15.6 Å². The Hall–Kier alpha value is -1.94. The van der Waals surface area contributed by atoms with Gasteiger partial charge in [0.25, 0.3) is 0 Å². The molecule has 17 nitrogen and oxygen atoms in total. The molecule has 19 heteroatoms. The molecular formula is C69H134O17P2. The van der Waals surface area contributed by atoms with Gasteiger partial charge in [-0.05, 0) is 49.4 Å². The van der Waals surface area contributed by atoms with Crippen molar-refractivity contribution in [2.45, 2.75) is 356 Å². The van der Waals surface area contributed by atoms with Crippen LogP contribution in [0.1, 0.15) is 338 Å². The zero-order chi connectivity index (χ0) is 65.4. The molecule has 0 saturated carbocycles. The van der Waals surface area contributed by atoms with E-state index in [9.17, 15) is 43.2 Å². The van der Waals surface area contributed by atoms with Crippen LogP contribution in [0, 0.1) is 23.7 Å². The third-order valence-corrected chi connectivity index (χ3v) is 17.7. The van der Waals surface area contributed by atoms with Gasteiger partial charge in [0.15, 0.2) is 12.2 Å². The molecular weight excluding hydrogens is 1160 g/mol. The van der Waals surface area contributed by atoms with Crippen LogP contribution in [0.25, 0.3) is 0 Å². The SMILES string of the molecule is CC(C)CCCCCCCCCCCCCCCCC(=O)OC[C@H](COP(=O)(O)OCC(O)COP(=O)(O)OC[C@@H](COC(=O)CCCCCCCCCC(C)C)OC(=O)CCCCCCCCCC(C)C)OC(=O)CCCCCCCCCCC(C)C. The number of carbonyl (C=O) groups is 4. The minimum Gasteiger partial charge on any atom is -0.462 e. The van der Waals surface area contributed by atoms with Crippen molar-refractivity contribution in [1.29, 1.82) is 0 Å². The quantitative estimate of drug-likeness (QED) is 0.0222. The van der Waals surface area contributed by atoms with Crippen LogP contribution in [0.5, 0.6) is 0 Å². The number of phosphoric ester groups is 2. The molecule has 3 N–H and O–H groups in total. The van der Waals surface area contributed by atoms with E-state index in [0.29, 0.717) is 37.5 Å². The van der Waals surface area contributed by atoms with Gasteiger partial charge in [-0.25, -0.2) is 9.13 Å². The van der Waals surface area contributed by atoms with Crippen LogP contribution < -0.4 is 0 Å². The number of unbranched alkanes of at least 4 members (excludes halogenated alkanes) is 32. The summed E-state index contributed by atoms with van der Waals surface area (Å²) in [6, 6.07) is 0. The molecule has 0 heterocycles. The summed E-state index contributed by atoms with van der Waals surface area (Å²) in [6.45, 7) is 14.0. The number of phosphoric acid groups is 2.